The van der Waals surface area contributed by atoms with Gasteiger partial charge in [-0.2, -0.15) is 0 Å². The fourth-order valence-electron chi connectivity index (χ4n) is 13.0. The largest absolute Gasteiger partial charge is 0.455 e. The van der Waals surface area contributed by atoms with Gasteiger partial charge >= 0.3 is 0 Å². The highest BCUT2D eigenvalue weighted by Crippen LogP contribution is 2.64. The molecule has 0 bridgehead atoms. The fraction of sp³-hybridized carbons (Fsp3) is 0.0909. The van der Waals surface area contributed by atoms with Crippen molar-refractivity contribution in [2.24, 2.45) is 0 Å². The third kappa shape index (κ3) is 5.31. The third-order valence-corrected chi connectivity index (χ3v) is 17.2. The predicted molar refractivity (Wildman–Crippen MR) is 289 cm³/mol. The van der Waals surface area contributed by atoms with Crippen molar-refractivity contribution in [3.05, 3.63) is 256 Å². The maximum Gasteiger partial charge on any atom is 0.140 e. The molecule has 3 heteroatoms. The molecule has 0 N–H and O–H groups in total. The van der Waals surface area contributed by atoms with Crippen LogP contribution in [-0.4, -0.2) is 0 Å². The Morgan fingerprint density at radius 2 is 1.03 bits per heavy atom. The molecule has 0 saturated carbocycles. The highest BCUT2D eigenvalue weighted by molar-refractivity contribution is 7.20. The number of ether oxygens (including phenoxy) is 1. The van der Waals surface area contributed by atoms with E-state index in [0.717, 1.165) is 28.7 Å². The van der Waals surface area contributed by atoms with Crippen LogP contribution in [0.2, 0.25) is 0 Å². The lowest BCUT2D eigenvalue weighted by Crippen LogP contribution is -2.32. The van der Waals surface area contributed by atoms with Gasteiger partial charge in [-0.25, -0.2) is 0 Å². The first-order valence-corrected chi connectivity index (χ1v) is 25.1. The van der Waals surface area contributed by atoms with E-state index in [9.17, 15) is 0 Å². The highest BCUT2D eigenvalue weighted by Gasteiger charge is 2.52. The summed E-state index contributed by atoms with van der Waals surface area (Å²) in [4.78, 5) is 3.98. The maximum absolute atomic E-state index is 7.24. The van der Waals surface area contributed by atoms with Crippen molar-refractivity contribution < 1.29 is 4.74 Å². The van der Waals surface area contributed by atoms with E-state index in [1.165, 1.54) is 109 Å². The molecule has 11 aromatic rings. The van der Waals surface area contributed by atoms with E-state index >= 15 is 0 Å². The molecule has 1 aromatic heterocycles. The molecule has 1 aliphatic heterocycles. The Labute approximate surface area is 406 Å². The van der Waals surface area contributed by atoms with Crippen molar-refractivity contribution in [1.29, 1.82) is 0 Å². The van der Waals surface area contributed by atoms with Crippen LogP contribution in [0.15, 0.2) is 212 Å². The number of fused-ring (bicyclic) bond motifs is 19. The molecule has 0 radical (unpaired) electrons. The van der Waals surface area contributed by atoms with Gasteiger partial charge in [-0.1, -0.05) is 190 Å². The summed E-state index contributed by atoms with van der Waals surface area (Å²) in [6, 6.07) is 77.5. The molecule has 10 aromatic carbocycles. The van der Waals surface area contributed by atoms with E-state index in [4.69, 9.17) is 4.74 Å². The van der Waals surface area contributed by atoms with Gasteiger partial charge in [-0.3, -0.25) is 0 Å². The zero-order chi connectivity index (χ0) is 45.6. The highest BCUT2D eigenvalue weighted by atomic mass is 32.1. The van der Waals surface area contributed by atoms with E-state index in [1.54, 1.807) is 0 Å². The van der Waals surface area contributed by atoms with Crippen LogP contribution in [0.4, 0.5) is 11.4 Å². The van der Waals surface area contributed by atoms with Gasteiger partial charge in [0.2, 0.25) is 0 Å². The number of anilines is 2. The zero-order valence-electron chi connectivity index (χ0n) is 38.3. The van der Waals surface area contributed by atoms with Gasteiger partial charge in [-0.05, 0) is 121 Å². The van der Waals surface area contributed by atoms with Gasteiger partial charge in [0.05, 0.1) is 11.5 Å². The number of nitrogens with zero attached hydrogens (tertiary/aromatic N) is 1. The second kappa shape index (κ2) is 14.3. The lowest BCUT2D eigenvalue weighted by Gasteiger charge is -2.40. The quantitative estimate of drug-likeness (QED) is 0.174. The summed E-state index contributed by atoms with van der Waals surface area (Å²) >= 11 is 1.91. The number of benzene rings is 10. The van der Waals surface area contributed by atoms with Crippen molar-refractivity contribution in [3.63, 3.8) is 0 Å². The molecule has 1 spiro atoms. The summed E-state index contributed by atoms with van der Waals surface area (Å²) in [5, 5.41) is 5.95. The first kappa shape index (κ1) is 39.1. The third-order valence-electron chi connectivity index (χ3n) is 16.1. The minimum absolute atomic E-state index is 0.111. The average Bonchev–Trinajstić information content (AvgIpc) is 4.00. The van der Waals surface area contributed by atoms with Crippen molar-refractivity contribution in [1.82, 2.24) is 0 Å². The van der Waals surface area contributed by atoms with Crippen LogP contribution in [0.5, 0.6) is 11.5 Å². The van der Waals surface area contributed by atoms with Gasteiger partial charge in [0.1, 0.15) is 11.5 Å². The van der Waals surface area contributed by atoms with Crippen molar-refractivity contribution >= 4 is 60.4 Å². The monoisotopic (exact) mass is 899 g/mol. The molecule has 1 atom stereocenters. The van der Waals surface area contributed by atoms with Crippen LogP contribution in [0.1, 0.15) is 70.1 Å². The van der Waals surface area contributed by atoms with E-state index in [-0.39, 0.29) is 11.5 Å². The van der Waals surface area contributed by atoms with Gasteiger partial charge in [0.25, 0.3) is 0 Å². The number of thiophene rings is 1. The Morgan fingerprint density at radius 3 is 1.77 bits per heavy atom. The van der Waals surface area contributed by atoms with E-state index in [0.29, 0.717) is 0 Å². The molecular formula is C66H45NOS. The number of rotatable bonds is 4. The average molecular weight is 900 g/mol. The van der Waals surface area contributed by atoms with E-state index in [1.807, 2.05) is 11.3 Å². The van der Waals surface area contributed by atoms with Crippen molar-refractivity contribution in [2.45, 2.75) is 37.1 Å². The Kier molecular flexibility index (Phi) is 8.08. The van der Waals surface area contributed by atoms with E-state index < -0.39 is 5.41 Å². The minimum atomic E-state index is -0.605. The second-order valence-electron chi connectivity index (χ2n) is 19.8. The van der Waals surface area contributed by atoms with Crippen LogP contribution < -0.4 is 9.64 Å². The van der Waals surface area contributed by atoms with Crippen LogP contribution in [0, 0.1) is 0 Å². The summed E-state index contributed by atoms with van der Waals surface area (Å²) in [7, 11) is 0. The SMILES string of the molecule is CC1(C)c2ccccc2-c2ccc(N(c3ccc(-c4ccc5c(c4)C4(c6ccccc6-5)c5ccc6ccccc6c5Oc5c4ccc4ccccc54)cc3)C3CC=Cc4sc5ccccc5c43)cc21. The van der Waals surface area contributed by atoms with Crippen LogP contribution in [0.25, 0.3) is 71.1 Å². The molecule has 2 nitrogen and oxygen atoms in total. The molecule has 2 heterocycles. The Balaban J connectivity index is 0.912. The molecule has 4 aliphatic rings. The van der Waals surface area contributed by atoms with Gasteiger partial charge < -0.3 is 9.64 Å². The smallest absolute Gasteiger partial charge is 0.140 e. The predicted octanol–water partition coefficient (Wildman–Crippen LogP) is 17.9. The van der Waals surface area contributed by atoms with E-state index in [2.05, 4.69) is 237 Å². The van der Waals surface area contributed by atoms with Crippen molar-refractivity contribution in [3.8, 4) is 44.9 Å². The van der Waals surface area contributed by atoms with Gasteiger partial charge in [0, 0.05) is 53.8 Å². The first-order valence-electron chi connectivity index (χ1n) is 24.3. The molecule has 15 rings (SSSR count). The number of hydrogen-bond acceptors (Lipinski definition) is 3. The summed E-state index contributed by atoms with van der Waals surface area (Å²) in [5.41, 5.74) is 18.4. The summed E-state index contributed by atoms with van der Waals surface area (Å²) < 4.78 is 8.58. The zero-order valence-corrected chi connectivity index (χ0v) is 39.1. The molecule has 1 unspecified atom stereocenters. The molecule has 326 valence electrons. The second-order valence-corrected chi connectivity index (χ2v) is 20.9. The minimum Gasteiger partial charge on any atom is -0.455 e. The van der Waals surface area contributed by atoms with Crippen molar-refractivity contribution in [2.75, 3.05) is 4.90 Å². The molecule has 3 aliphatic carbocycles. The summed E-state index contributed by atoms with van der Waals surface area (Å²) in [6.07, 6.45) is 5.65. The molecular weight excluding hydrogens is 855 g/mol. The molecule has 69 heavy (non-hydrogen) atoms. The first-order chi connectivity index (χ1) is 34.0. The topological polar surface area (TPSA) is 12.5 Å². The lowest BCUT2D eigenvalue weighted by molar-refractivity contribution is 0.447. The van der Waals surface area contributed by atoms with Gasteiger partial charge in [-0.15, -0.1) is 11.3 Å². The Hall–Kier alpha value is -7.98. The van der Waals surface area contributed by atoms with Crippen LogP contribution in [-0.2, 0) is 10.8 Å². The standard InChI is InChI=1S/C66H45NOS/c1-65(2)53-21-10-7-18-48(53)50-35-33-45(39-57(50)65)67(59-23-13-25-61-62(59)52-20-9-12-24-60(52)69-61)44-31-26-40(27-32-44)43-28-34-51-49-19-8-11-22-54(49)66(58(51)38-43)55-36-29-41-14-3-5-16-46(41)63(55)68-64-47-17-6-4-15-42(47)30-37-56(64)66/h3-22,24-39,59H,23H2,1-2H3. The lowest BCUT2D eigenvalue weighted by atomic mass is 9.65. The Morgan fingerprint density at radius 1 is 0.464 bits per heavy atom. The molecule has 0 fully saturated rings. The molecule has 0 saturated heterocycles. The van der Waals surface area contributed by atoms with Crippen LogP contribution in [0.3, 0.4) is 0 Å². The number of hydrogen-bond donors (Lipinski definition) is 0. The molecule has 0 amide bonds. The summed E-state index contributed by atoms with van der Waals surface area (Å²) in [5.74, 6) is 1.87. The van der Waals surface area contributed by atoms with Gasteiger partial charge in [0.15, 0.2) is 0 Å². The normalized spacial score (nSPS) is 16.1. The Bertz CT molecular complexity index is 3930. The van der Waals surface area contributed by atoms with Crippen LogP contribution >= 0.6 is 11.3 Å². The summed E-state index contributed by atoms with van der Waals surface area (Å²) in [6.45, 7) is 4.77. The fourth-order valence-corrected chi connectivity index (χ4v) is 14.1. The maximum atomic E-state index is 7.24.